The number of rotatable bonds is 2. The summed E-state index contributed by atoms with van der Waals surface area (Å²) in [6.45, 7) is 3.82. The van der Waals surface area contributed by atoms with Crippen molar-refractivity contribution < 1.29 is 14.3 Å². The average Bonchev–Trinajstić information content (AvgIpc) is 2.35. The molecule has 0 saturated carbocycles. The van der Waals surface area contributed by atoms with Gasteiger partial charge in [0.25, 0.3) is 0 Å². The van der Waals surface area contributed by atoms with Crippen LogP contribution in [0.15, 0.2) is 48.5 Å². The lowest BCUT2D eigenvalue weighted by molar-refractivity contribution is 0.151. The molecule has 0 bridgehead atoms. The molecule has 0 aromatic heterocycles. The van der Waals surface area contributed by atoms with Gasteiger partial charge in [0, 0.05) is 0 Å². The topological polar surface area (TPSA) is 35.5 Å². The van der Waals surface area contributed by atoms with E-state index in [2.05, 4.69) is 0 Å². The minimum Gasteiger partial charge on any atom is -0.395 e. The van der Waals surface area contributed by atoms with E-state index in [0.29, 0.717) is 11.5 Å². The summed E-state index contributed by atoms with van der Waals surface area (Å²) < 4.78 is 10.2. The number of para-hydroxylation sites is 1. The highest BCUT2D eigenvalue weighted by atomic mass is 16.7. The molecule has 0 atom stereocenters. The van der Waals surface area contributed by atoms with Gasteiger partial charge in [0.2, 0.25) is 0 Å². The van der Waals surface area contributed by atoms with Crippen molar-refractivity contribution >= 4 is 6.16 Å². The molecule has 0 aliphatic carbocycles. The van der Waals surface area contributed by atoms with Crippen molar-refractivity contribution in [3.05, 3.63) is 59.7 Å². The molecule has 92 valence electrons. The molecule has 3 heteroatoms. The van der Waals surface area contributed by atoms with E-state index >= 15 is 0 Å². The quantitative estimate of drug-likeness (QED) is 0.592. The number of hydrogen-bond donors (Lipinski definition) is 0. The van der Waals surface area contributed by atoms with Gasteiger partial charge in [0.05, 0.1) is 0 Å². The molecule has 0 unspecified atom stereocenters. The zero-order chi connectivity index (χ0) is 13.0. The molecule has 0 heterocycles. The van der Waals surface area contributed by atoms with Gasteiger partial charge >= 0.3 is 6.16 Å². The van der Waals surface area contributed by atoms with Gasteiger partial charge in [-0.15, -0.1) is 0 Å². The molecule has 0 amide bonds. The minimum absolute atomic E-state index is 0.466. The molecule has 2 aromatic carbocycles. The third kappa shape index (κ3) is 3.10. The molecule has 0 N–H and O–H groups in total. The Morgan fingerprint density at radius 3 is 2.39 bits per heavy atom. The summed E-state index contributed by atoms with van der Waals surface area (Å²) in [7, 11) is 0. The lowest BCUT2D eigenvalue weighted by Crippen LogP contribution is -2.14. The fourth-order valence-electron chi connectivity index (χ4n) is 1.51. The van der Waals surface area contributed by atoms with E-state index in [4.69, 9.17) is 9.47 Å². The third-order valence-electron chi connectivity index (χ3n) is 2.48. The van der Waals surface area contributed by atoms with Crippen LogP contribution in [0.25, 0.3) is 0 Å². The summed E-state index contributed by atoms with van der Waals surface area (Å²) in [6.07, 6.45) is -0.727. The second-order valence-electron chi connectivity index (χ2n) is 4.04. The Hall–Kier alpha value is -2.29. The van der Waals surface area contributed by atoms with E-state index in [1.54, 1.807) is 24.3 Å². The molecular weight excluding hydrogens is 228 g/mol. The van der Waals surface area contributed by atoms with Crippen LogP contribution >= 0.6 is 0 Å². The number of carbonyl (C=O) groups is 1. The van der Waals surface area contributed by atoms with Gasteiger partial charge in [0.15, 0.2) is 0 Å². The molecule has 18 heavy (non-hydrogen) atoms. The number of ether oxygens (including phenoxy) is 2. The predicted octanol–water partition coefficient (Wildman–Crippen LogP) is 3.88. The largest absolute Gasteiger partial charge is 0.519 e. The predicted molar refractivity (Wildman–Crippen MR) is 69.0 cm³/mol. The third-order valence-corrected chi connectivity index (χ3v) is 2.48. The van der Waals surface area contributed by atoms with Crippen molar-refractivity contribution in [3.63, 3.8) is 0 Å². The Morgan fingerprint density at radius 2 is 1.67 bits per heavy atom. The van der Waals surface area contributed by atoms with Crippen LogP contribution in [0.1, 0.15) is 11.1 Å². The van der Waals surface area contributed by atoms with E-state index in [9.17, 15) is 4.79 Å². The molecule has 3 nitrogen and oxygen atoms in total. The van der Waals surface area contributed by atoms with Gasteiger partial charge in [-0.25, -0.2) is 4.79 Å². The first kappa shape index (κ1) is 12.2. The second-order valence-corrected chi connectivity index (χ2v) is 4.04. The van der Waals surface area contributed by atoms with Gasteiger partial charge in [-0.1, -0.05) is 30.3 Å². The monoisotopic (exact) mass is 242 g/mol. The van der Waals surface area contributed by atoms with E-state index in [-0.39, 0.29) is 0 Å². The summed E-state index contributed by atoms with van der Waals surface area (Å²) >= 11 is 0. The summed E-state index contributed by atoms with van der Waals surface area (Å²) in [6, 6.07) is 14.5. The van der Waals surface area contributed by atoms with Crippen molar-refractivity contribution in [1.29, 1.82) is 0 Å². The fraction of sp³-hybridized carbons (Fsp3) is 0.133. The number of hydrogen-bond acceptors (Lipinski definition) is 3. The van der Waals surface area contributed by atoms with Crippen molar-refractivity contribution in [2.24, 2.45) is 0 Å². The zero-order valence-electron chi connectivity index (χ0n) is 10.3. The standard InChI is InChI=1S/C15H14O3/c1-11-8-9-12(2)14(10-11)18-15(16)17-13-6-4-3-5-7-13/h3-10H,1-2H3. The van der Waals surface area contributed by atoms with Crippen molar-refractivity contribution in [3.8, 4) is 11.5 Å². The van der Waals surface area contributed by atoms with Crippen molar-refractivity contribution in [2.75, 3.05) is 0 Å². The summed E-state index contributed by atoms with van der Waals surface area (Å²) in [5.74, 6) is 0.990. The fourth-order valence-corrected chi connectivity index (χ4v) is 1.51. The minimum atomic E-state index is -0.727. The smallest absolute Gasteiger partial charge is 0.395 e. The molecule has 0 aliphatic rings. The Bertz CT molecular complexity index is 547. The van der Waals surface area contributed by atoms with Gasteiger partial charge in [-0.3, -0.25) is 0 Å². The first-order valence-electron chi connectivity index (χ1n) is 5.67. The molecule has 0 aliphatic heterocycles. The van der Waals surface area contributed by atoms with Crippen LogP contribution in [0.5, 0.6) is 11.5 Å². The summed E-state index contributed by atoms with van der Waals surface area (Å²) in [4.78, 5) is 11.6. The van der Waals surface area contributed by atoms with Crippen LogP contribution in [0, 0.1) is 13.8 Å². The number of carbonyl (C=O) groups excluding carboxylic acids is 1. The SMILES string of the molecule is Cc1ccc(C)c(OC(=O)Oc2ccccc2)c1. The Labute approximate surface area is 106 Å². The summed E-state index contributed by atoms with van der Waals surface area (Å²) in [5.41, 5.74) is 1.92. The normalized spacial score (nSPS) is 9.89. The Morgan fingerprint density at radius 1 is 0.944 bits per heavy atom. The highest BCUT2D eigenvalue weighted by Crippen LogP contribution is 2.20. The summed E-state index contributed by atoms with van der Waals surface area (Å²) in [5, 5.41) is 0. The first-order valence-corrected chi connectivity index (χ1v) is 5.67. The maximum atomic E-state index is 11.6. The molecule has 2 rings (SSSR count). The van der Waals surface area contributed by atoms with Crippen molar-refractivity contribution in [2.45, 2.75) is 13.8 Å². The van der Waals surface area contributed by atoms with E-state index in [1.807, 2.05) is 38.1 Å². The molecule has 0 radical (unpaired) electrons. The van der Waals surface area contributed by atoms with Crippen LogP contribution < -0.4 is 9.47 Å². The molecule has 0 saturated heterocycles. The van der Waals surface area contributed by atoms with Crippen LogP contribution in [0.3, 0.4) is 0 Å². The molecule has 0 spiro atoms. The second kappa shape index (κ2) is 5.36. The highest BCUT2D eigenvalue weighted by Gasteiger charge is 2.09. The Kier molecular flexibility index (Phi) is 3.63. The van der Waals surface area contributed by atoms with E-state index < -0.39 is 6.16 Å². The van der Waals surface area contributed by atoms with E-state index in [0.717, 1.165) is 11.1 Å². The average molecular weight is 242 g/mol. The number of aryl methyl sites for hydroxylation is 2. The highest BCUT2D eigenvalue weighted by molar-refractivity contribution is 5.67. The van der Waals surface area contributed by atoms with Crippen LogP contribution in [-0.2, 0) is 0 Å². The van der Waals surface area contributed by atoms with Crippen LogP contribution in [-0.4, -0.2) is 6.16 Å². The molecule has 2 aromatic rings. The van der Waals surface area contributed by atoms with Crippen LogP contribution in [0.2, 0.25) is 0 Å². The molecular formula is C15H14O3. The van der Waals surface area contributed by atoms with Crippen molar-refractivity contribution in [1.82, 2.24) is 0 Å². The molecule has 0 fully saturated rings. The maximum absolute atomic E-state index is 11.6. The van der Waals surface area contributed by atoms with Gasteiger partial charge in [-0.2, -0.15) is 0 Å². The van der Waals surface area contributed by atoms with Gasteiger partial charge < -0.3 is 9.47 Å². The first-order chi connectivity index (χ1) is 8.65. The lowest BCUT2D eigenvalue weighted by atomic mass is 10.1. The zero-order valence-corrected chi connectivity index (χ0v) is 10.3. The van der Waals surface area contributed by atoms with Gasteiger partial charge in [-0.05, 0) is 43.2 Å². The van der Waals surface area contributed by atoms with E-state index in [1.165, 1.54) is 0 Å². The lowest BCUT2D eigenvalue weighted by Gasteiger charge is -2.08. The van der Waals surface area contributed by atoms with Gasteiger partial charge in [0.1, 0.15) is 11.5 Å². The number of benzene rings is 2. The Balaban J connectivity index is 2.05. The maximum Gasteiger partial charge on any atom is 0.519 e. The van der Waals surface area contributed by atoms with Crippen LogP contribution in [0.4, 0.5) is 4.79 Å².